The largest absolute Gasteiger partial charge is 0.392 e. The summed E-state index contributed by atoms with van der Waals surface area (Å²) in [4.78, 5) is 0. The molecule has 0 aliphatic heterocycles. The third-order valence-corrected chi connectivity index (χ3v) is 3.03. The third kappa shape index (κ3) is 1.60. The SMILES string of the molecule is C=CCCC(O)C1Cc2ccccc21. The molecule has 1 aliphatic carbocycles. The molecule has 2 unspecified atom stereocenters. The highest BCUT2D eigenvalue weighted by molar-refractivity contribution is 5.40. The molecule has 1 aromatic carbocycles. The first kappa shape index (κ1) is 9.47. The van der Waals surface area contributed by atoms with Gasteiger partial charge in [-0.3, -0.25) is 0 Å². The lowest BCUT2D eigenvalue weighted by molar-refractivity contribution is 0.125. The van der Waals surface area contributed by atoms with E-state index >= 15 is 0 Å². The highest BCUT2D eigenvalue weighted by Crippen LogP contribution is 2.38. The molecular formula is C13H16O. The zero-order chi connectivity index (χ0) is 9.97. The van der Waals surface area contributed by atoms with Crippen molar-refractivity contribution in [1.82, 2.24) is 0 Å². The highest BCUT2D eigenvalue weighted by Gasteiger charge is 2.30. The third-order valence-electron chi connectivity index (χ3n) is 3.03. The van der Waals surface area contributed by atoms with E-state index in [1.165, 1.54) is 11.1 Å². The van der Waals surface area contributed by atoms with Crippen LogP contribution in [0.3, 0.4) is 0 Å². The van der Waals surface area contributed by atoms with Crippen molar-refractivity contribution in [2.45, 2.75) is 31.3 Å². The van der Waals surface area contributed by atoms with Gasteiger partial charge < -0.3 is 5.11 Å². The van der Waals surface area contributed by atoms with Gasteiger partial charge in [0.15, 0.2) is 0 Å². The first-order valence-electron chi connectivity index (χ1n) is 5.19. The van der Waals surface area contributed by atoms with E-state index in [-0.39, 0.29) is 6.10 Å². The van der Waals surface area contributed by atoms with E-state index in [4.69, 9.17) is 0 Å². The molecule has 0 spiro atoms. The first-order chi connectivity index (χ1) is 6.83. The summed E-state index contributed by atoms with van der Waals surface area (Å²) in [5.41, 5.74) is 2.74. The predicted octanol–water partition coefficient (Wildman–Crippen LogP) is 2.65. The molecule has 0 aromatic heterocycles. The Kier molecular flexibility index (Phi) is 2.69. The molecule has 2 rings (SSSR count). The summed E-state index contributed by atoms with van der Waals surface area (Å²) in [5.74, 6) is 0.367. The Labute approximate surface area is 85.1 Å². The molecule has 1 heteroatoms. The fourth-order valence-electron chi connectivity index (χ4n) is 2.13. The molecule has 2 atom stereocenters. The second kappa shape index (κ2) is 3.97. The molecule has 1 aliphatic rings. The standard InChI is InChI=1S/C13H16O/c1-2-3-8-13(14)12-9-10-6-4-5-7-11(10)12/h2,4-7,12-14H,1,3,8-9H2. The van der Waals surface area contributed by atoms with Crippen LogP contribution >= 0.6 is 0 Å². The first-order valence-corrected chi connectivity index (χ1v) is 5.19. The Bertz CT molecular complexity index is 330. The molecule has 0 amide bonds. The number of aliphatic hydroxyl groups is 1. The van der Waals surface area contributed by atoms with Crippen LogP contribution in [0, 0.1) is 0 Å². The molecule has 0 saturated carbocycles. The number of aliphatic hydroxyl groups excluding tert-OH is 1. The summed E-state index contributed by atoms with van der Waals surface area (Å²) in [5, 5.41) is 9.90. The maximum absolute atomic E-state index is 9.90. The Morgan fingerprint density at radius 1 is 1.50 bits per heavy atom. The van der Waals surface area contributed by atoms with Crippen molar-refractivity contribution in [1.29, 1.82) is 0 Å². The normalized spacial score (nSPS) is 20.8. The van der Waals surface area contributed by atoms with Crippen LogP contribution in [-0.2, 0) is 6.42 Å². The van der Waals surface area contributed by atoms with Gasteiger partial charge in [-0.25, -0.2) is 0 Å². The quantitative estimate of drug-likeness (QED) is 0.720. The van der Waals surface area contributed by atoms with Gasteiger partial charge in [0, 0.05) is 5.92 Å². The van der Waals surface area contributed by atoms with Gasteiger partial charge in [-0.2, -0.15) is 0 Å². The number of allylic oxidation sites excluding steroid dienone is 1. The fraction of sp³-hybridized carbons (Fsp3) is 0.385. The zero-order valence-electron chi connectivity index (χ0n) is 8.32. The van der Waals surface area contributed by atoms with E-state index < -0.39 is 0 Å². The summed E-state index contributed by atoms with van der Waals surface area (Å²) < 4.78 is 0. The van der Waals surface area contributed by atoms with Crippen molar-refractivity contribution in [3.8, 4) is 0 Å². The monoisotopic (exact) mass is 188 g/mol. The van der Waals surface area contributed by atoms with Crippen molar-refractivity contribution >= 4 is 0 Å². The van der Waals surface area contributed by atoms with Crippen LogP contribution in [0.2, 0.25) is 0 Å². The molecule has 1 nitrogen and oxygen atoms in total. The Morgan fingerprint density at radius 3 is 3.00 bits per heavy atom. The van der Waals surface area contributed by atoms with Gasteiger partial charge in [-0.1, -0.05) is 30.3 Å². The Morgan fingerprint density at radius 2 is 2.29 bits per heavy atom. The van der Waals surface area contributed by atoms with Crippen LogP contribution in [0.1, 0.15) is 29.9 Å². The minimum absolute atomic E-state index is 0.192. The number of fused-ring (bicyclic) bond motifs is 1. The lowest BCUT2D eigenvalue weighted by Crippen LogP contribution is -2.28. The van der Waals surface area contributed by atoms with Gasteiger partial charge in [0.05, 0.1) is 6.10 Å². The maximum Gasteiger partial charge on any atom is 0.0615 e. The molecule has 14 heavy (non-hydrogen) atoms. The molecule has 0 radical (unpaired) electrons. The van der Waals surface area contributed by atoms with E-state index in [9.17, 15) is 5.11 Å². The minimum Gasteiger partial charge on any atom is -0.392 e. The Balaban J connectivity index is 2.00. The second-order valence-electron chi connectivity index (χ2n) is 3.94. The molecule has 0 bridgehead atoms. The van der Waals surface area contributed by atoms with Gasteiger partial charge >= 0.3 is 0 Å². The van der Waals surface area contributed by atoms with E-state index in [1.807, 2.05) is 12.1 Å². The van der Waals surface area contributed by atoms with Gasteiger partial charge in [0.25, 0.3) is 0 Å². The number of hydrogen-bond donors (Lipinski definition) is 1. The average molecular weight is 188 g/mol. The number of rotatable bonds is 4. The number of benzene rings is 1. The predicted molar refractivity (Wildman–Crippen MR) is 58.3 cm³/mol. The summed E-state index contributed by atoms with van der Waals surface area (Å²) in [6, 6.07) is 8.38. The van der Waals surface area contributed by atoms with E-state index in [2.05, 4.69) is 24.8 Å². The Hall–Kier alpha value is -1.08. The molecule has 1 aromatic rings. The van der Waals surface area contributed by atoms with Crippen LogP contribution in [0.4, 0.5) is 0 Å². The zero-order valence-corrected chi connectivity index (χ0v) is 8.32. The summed E-state index contributed by atoms with van der Waals surface area (Å²) in [6.45, 7) is 3.67. The summed E-state index contributed by atoms with van der Waals surface area (Å²) in [6.07, 6.45) is 4.45. The van der Waals surface area contributed by atoms with Crippen LogP contribution in [0.25, 0.3) is 0 Å². The van der Waals surface area contributed by atoms with Crippen LogP contribution < -0.4 is 0 Å². The van der Waals surface area contributed by atoms with Gasteiger partial charge in [-0.15, -0.1) is 6.58 Å². The van der Waals surface area contributed by atoms with E-state index in [0.717, 1.165) is 19.3 Å². The summed E-state index contributed by atoms with van der Waals surface area (Å²) in [7, 11) is 0. The van der Waals surface area contributed by atoms with Crippen LogP contribution in [0.5, 0.6) is 0 Å². The van der Waals surface area contributed by atoms with Crippen LogP contribution in [-0.4, -0.2) is 11.2 Å². The molecule has 1 N–H and O–H groups in total. The molecule has 0 fully saturated rings. The smallest absolute Gasteiger partial charge is 0.0615 e. The highest BCUT2D eigenvalue weighted by atomic mass is 16.3. The summed E-state index contributed by atoms with van der Waals surface area (Å²) >= 11 is 0. The topological polar surface area (TPSA) is 20.2 Å². The fourth-order valence-corrected chi connectivity index (χ4v) is 2.13. The van der Waals surface area contributed by atoms with E-state index in [1.54, 1.807) is 0 Å². The van der Waals surface area contributed by atoms with Crippen LogP contribution in [0.15, 0.2) is 36.9 Å². The molecule has 74 valence electrons. The lowest BCUT2D eigenvalue weighted by atomic mass is 9.73. The maximum atomic E-state index is 9.90. The minimum atomic E-state index is -0.192. The number of hydrogen-bond acceptors (Lipinski definition) is 1. The average Bonchev–Trinajstić information content (AvgIpc) is 2.17. The van der Waals surface area contributed by atoms with Crippen molar-refractivity contribution in [2.75, 3.05) is 0 Å². The lowest BCUT2D eigenvalue weighted by Gasteiger charge is -2.33. The van der Waals surface area contributed by atoms with Gasteiger partial charge in [-0.05, 0) is 30.4 Å². The van der Waals surface area contributed by atoms with E-state index in [0.29, 0.717) is 5.92 Å². The van der Waals surface area contributed by atoms with Gasteiger partial charge in [0.1, 0.15) is 0 Å². The van der Waals surface area contributed by atoms with Crippen molar-refractivity contribution in [3.05, 3.63) is 48.0 Å². The molecular weight excluding hydrogens is 172 g/mol. The molecule has 0 saturated heterocycles. The second-order valence-corrected chi connectivity index (χ2v) is 3.94. The van der Waals surface area contributed by atoms with Crippen molar-refractivity contribution < 1.29 is 5.11 Å². The molecule has 0 heterocycles. The van der Waals surface area contributed by atoms with Gasteiger partial charge in [0.2, 0.25) is 0 Å². The van der Waals surface area contributed by atoms with Crippen molar-refractivity contribution in [3.63, 3.8) is 0 Å². The van der Waals surface area contributed by atoms with Crippen molar-refractivity contribution in [2.24, 2.45) is 0 Å².